The molecule has 0 amide bonds. The van der Waals surface area contributed by atoms with Crippen molar-refractivity contribution in [1.29, 1.82) is 0 Å². The molecule has 0 saturated carbocycles. The third kappa shape index (κ3) is 2.69. The molecule has 0 aromatic carbocycles. The number of hydrogen-bond donors (Lipinski definition) is 1. The van der Waals surface area contributed by atoms with Gasteiger partial charge in [0.15, 0.2) is 0 Å². The zero-order valence-electron chi connectivity index (χ0n) is 10.3. The molecular formula is C9H11LiN2O4S. The van der Waals surface area contributed by atoms with Gasteiger partial charge >= 0.3 is 24.8 Å². The molecule has 0 bridgehead atoms. The van der Waals surface area contributed by atoms with Gasteiger partial charge in [0.05, 0.1) is 5.92 Å². The van der Waals surface area contributed by atoms with Crippen LogP contribution in [0.2, 0.25) is 0 Å². The summed E-state index contributed by atoms with van der Waals surface area (Å²) in [6.45, 7) is 0.0686. The van der Waals surface area contributed by atoms with Crippen molar-refractivity contribution in [2.24, 2.45) is 5.92 Å². The Morgan fingerprint density at radius 3 is 2.65 bits per heavy atom. The molecule has 88 valence electrons. The quantitative estimate of drug-likeness (QED) is 0.574. The van der Waals surface area contributed by atoms with Gasteiger partial charge in [-0.15, -0.1) is 0 Å². The zero-order chi connectivity index (χ0) is 11.8. The third-order valence-electron chi connectivity index (χ3n) is 2.47. The van der Waals surface area contributed by atoms with Crippen LogP contribution >= 0.6 is 0 Å². The van der Waals surface area contributed by atoms with E-state index in [9.17, 15) is 13.2 Å². The maximum atomic E-state index is 11.9. The summed E-state index contributed by atoms with van der Waals surface area (Å²) in [6, 6.07) is 2.97. The van der Waals surface area contributed by atoms with Crippen LogP contribution in [0.5, 0.6) is 0 Å². The Morgan fingerprint density at radius 1 is 1.53 bits per heavy atom. The van der Waals surface area contributed by atoms with Gasteiger partial charge in [-0.05, 0) is 12.1 Å². The van der Waals surface area contributed by atoms with Gasteiger partial charge < -0.3 is 6.53 Å². The molecule has 1 aromatic rings. The number of aliphatic carboxylic acids is 1. The maximum absolute atomic E-state index is 11.9. The largest absolute Gasteiger partial charge is 1.00 e. The number of carbonyl (C=O) groups is 1. The number of hydrogen-bond acceptors (Lipinski definition) is 4. The number of pyridine rings is 1. The number of sulfonamides is 1. The van der Waals surface area contributed by atoms with Crippen LogP contribution in [0.1, 0.15) is 1.43 Å². The summed E-state index contributed by atoms with van der Waals surface area (Å²) in [6.07, 6.45) is 2.73. The first-order valence-electron chi connectivity index (χ1n) is 4.65. The van der Waals surface area contributed by atoms with Crippen molar-refractivity contribution in [3.63, 3.8) is 0 Å². The van der Waals surface area contributed by atoms with E-state index in [1.54, 1.807) is 0 Å². The molecule has 6 nitrogen and oxygen atoms in total. The van der Waals surface area contributed by atoms with E-state index < -0.39 is 21.9 Å². The van der Waals surface area contributed by atoms with Gasteiger partial charge in [-0.25, -0.2) is 8.42 Å². The molecular weight excluding hydrogens is 239 g/mol. The number of carboxylic acids is 1. The van der Waals surface area contributed by atoms with Gasteiger partial charge in [-0.2, -0.15) is 4.31 Å². The van der Waals surface area contributed by atoms with Crippen molar-refractivity contribution in [3.05, 3.63) is 24.5 Å². The first-order chi connectivity index (χ1) is 7.51. The predicted molar refractivity (Wildman–Crippen MR) is 55.2 cm³/mol. The van der Waals surface area contributed by atoms with E-state index >= 15 is 0 Å². The summed E-state index contributed by atoms with van der Waals surface area (Å²) in [5, 5.41) is 8.65. The molecule has 8 heteroatoms. The van der Waals surface area contributed by atoms with E-state index in [4.69, 9.17) is 5.11 Å². The van der Waals surface area contributed by atoms with Crippen molar-refractivity contribution in [1.82, 2.24) is 9.29 Å². The molecule has 17 heavy (non-hydrogen) atoms. The minimum atomic E-state index is -3.56. The van der Waals surface area contributed by atoms with E-state index in [1.165, 1.54) is 24.5 Å². The van der Waals surface area contributed by atoms with Gasteiger partial charge in [0.1, 0.15) is 4.90 Å². The third-order valence-corrected chi connectivity index (χ3v) is 4.28. The molecule has 0 radical (unpaired) electrons. The first-order valence-corrected chi connectivity index (χ1v) is 6.09. The summed E-state index contributed by atoms with van der Waals surface area (Å²) < 4.78 is 24.9. The molecule has 1 aromatic heterocycles. The van der Waals surface area contributed by atoms with Gasteiger partial charge in [0.2, 0.25) is 10.0 Å². The monoisotopic (exact) mass is 250 g/mol. The average molecular weight is 250 g/mol. The first kappa shape index (κ1) is 14.2. The minimum absolute atomic E-state index is 0. The number of nitrogens with zero attached hydrogens (tertiary/aromatic N) is 2. The molecule has 1 fully saturated rings. The van der Waals surface area contributed by atoms with Crippen LogP contribution in [0.25, 0.3) is 0 Å². The average Bonchev–Trinajstić information content (AvgIpc) is 2.15. The topological polar surface area (TPSA) is 87.6 Å². The van der Waals surface area contributed by atoms with Gasteiger partial charge in [0, 0.05) is 25.5 Å². The summed E-state index contributed by atoms with van der Waals surface area (Å²) in [7, 11) is -3.56. The summed E-state index contributed by atoms with van der Waals surface area (Å²) in [4.78, 5) is 14.4. The van der Waals surface area contributed by atoms with Gasteiger partial charge in [-0.1, -0.05) is 0 Å². The van der Waals surface area contributed by atoms with Crippen LogP contribution in [0.15, 0.2) is 29.4 Å². The Morgan fingerprint density at radius 2 is 2.18 bits per heavy atom. The molecule has 1 aliphatic heterocycles. The Balaban J connectivity index is 0.00000144. The molecule has 0 aliphatic carbocycles. The van der Waals surface area contributed by atoms with E-state index in [0.29, 0.717) is 0 Å². The second kappa shape index (κ2) is 5.19. The molecule has 1 saturated heterocycles. The minimum Gasteiger partial charge on any atom is -1.00 e. The Hall–Kier alpha value is -0.873. The summed E-state index contributed by atoms with van der Waals surface area (Å²) >= 11 is 0. The zero-order valence-corrected chi connectivity index (χ0v) is 10.1. The standard InChI is InChI=1S/C9H10N2O4S.Li.H/c12-9(13)7-5-11(6-7)16(14,15)8-2-1-3-10-4-8;;/h1-4,7H,5-6H2,(H,12,13);;/q;+1;-1. The maximum Gasteiger partial charge on any atom is 1.00 e. The Labute approximate surface area is 112 Å². The van der Waals surface area contributed by atoms with E-state index in [1.807, 2.05) is 0 Å². The van der Waals surface area contributed by atoms with Crippen LogP contribution in [0, 0.1) is 5.92 Å². The SMILES string of the molecule is O=C(O)C1CN(S(=O)(=O)c2cccnc2)C1.[H-].[Li+]. The smallest absolute Gasteiger partial charge is 1.00 e. The number of aromatic nitrogens is 1. The molecule has 1 N–H and O–H groups in total. The van der Waals surface area contributed by atoms with Crippen LogP contribution < -0.4 is 18.9 Å². The van der Waals surface area contributed by atoms with Crippen molar-refractivity contribution in [2.45, 2.75) is 4.90 Å². The molecule has 1 aliphatic rings. The fourth-order valence-corrected chi connectivity index (χ4v) is 2.93. The molecule has 0 spiro atoms. The van der Waals surface area contributed by atoms with Gasteiger partial charge in [-0.3, -0.25) is 9.78 Å². The molecule has 2 heterocycles. The van der Waals surface area contributed by atoms with E-state index in [2.05, 4.69) is 4.98 Å². The van der Waals surface area contributed by atoms with Crippen LogP contribution in [-0.2, 0) is 14.8 Å². The van der Waals surface area contributed by atoms with Crippen molar-refractivity contribution in [3.8, 4) is 0 Å². The van der Waals surface area contributed by atoms with Crippen molar-refractivity contribution in [2.75, 3.05) is 13.1 Å². The molecule has 0 atom stereocenters. The predicted octanol–water partition coefficient (Wildman–Crippen LogP) is -3.10. The second-order valence-corrected chi connectivity index (χ2v) is 5.48. The van der Waals surface area contributed by atoms with Crippen LogP contribution in [0.4, 0.5) is 0 Å². The number of carboxylic acid groups (broad SMARTS) is 1. The van der Waals surface area contributed by atoms with Crippen molar-refractivity contribution < 1.29 is 38.6 Å². The Kier molecular flexibility index (Phi) is 4.33. The molecule has 0 unspecified atom stereocenters. The fourth-order valence-electron chi connectivity index (χ4n) is 1.44. The second-order valence-electron chi connectivity index (χ2n) is 3.55. The molecule has 2 rings (SSSR count). The summed E-state index contributed by atoms with van der Waals surface area (Å²) in [5.41, 5.74) is 0. The van der Waals surface area contributed by atoms with Gasteiger partial charge in [0.25, 0.3) is 0 Å². The van der Waals surface area contributed by atoms with Crippen LogP contribution in [0.3, 0.4) is 0 Å². The Bertz CT molecular complexity index is 505. The van der Waals surface area contributed by atoms with Crippen LogP contribution in [-0.4, -0.2) is 41.9 Å². The van der Waals surface area contributed by atoms with E-state index in [0.717, 1.165) is 4.31 Å². The van der Waals surface area contributed by atoms with E-state index in [-0.39, 0.29) is 38.3 Å². The normalized spacial score (nSPS) is 16.9. The fraction of sp³-hybridized carbons (Fsp3) is 0.333. The van der Waals surface area contributed by atoms with Crippen molar-refractivity contribution >= 4 is 16.0 Å². The number of rotatable bonds is 3. The summed E-state index contributed by atoms with van der Waals surface area (Å²) in [5.74, 6) is -1.55.